The highest BCUT2D eigenvalue weighted by Crippen LogP contribution is 2.50. The molecule has 0 unspecified atom stereocenters. The van der Waals surface area contributed by atoms with E-state index in [0.717, 1.165) is 46.1 Å². The molecule has 0 aliphatic carbocycles. The van der Waals surface area contributed by atoms with E-state index in [1.54, 1.807) is 0 Å². The summed E-state index contributed by atoms with van der Waals surface area (Å²) in [4.78, 5) is 13.2. The summed E-state index contributed by atoms with van der Waals surface area (Å²) in [5.74, 6) is 1.56. The molecule has 0 fully saturated rings. The number of esters is 1. The molecule has 0 radical (unpaired) electrons. The topological polar surface area (TPSA) is 44.8 Å². The Balaban J connectivity index is 1.75. The molecule has 0 saturated carbocycles. The smallest absolute Gasteiger partial charge is 0.342 e. The van der Waals surface area contributed by atoms with Gasteiger partial charge >= 0.3 is 5.97 Å². The Bertz CT molecular complexity index is 1370. The van der Waals surface area contributed by atoms with Crippen molar-refractivity contribution in [3.63, 3.8) is 0 Å². The van der Waals surface area contributed by atoms with Crippen molar-refractivity contribution in [1.29, 1.82) is 0 Å². The third-order valence-corrected chi connectivity index (χ3v) is 6.91. The number of carbonyl (C=O) groups is 1. The average molecular weight is 511 g/mol. The number of fused-ring (bicyclic) bond motifs is 3. The number of benzene rings is 4. The maximum Gasteiger partial charge on any atom is 0.342 e. The lowest BCUT2D eigenvalue weighted by molar-refractivity contribution is 0.0524. The maximum absolute atomic E-state index is 13.2. The molecular weight excluding hydrogens is 480 g/mol. The van der Waals surface area contributed by atoms with Crippen LogP contribution in [0.4, 0.5) is 0 Å². The molecule has 0 atom stereocenters. The van der Waals surface area contributed by atoms with Gasteiger partial charge in [-0.05, 0) is 37.7 Å². The molecule has 5 rings (SSSR count). The lowest BCUT2D eigenvalue weighted by Gasteiger charge is -2.37. The summed E-state index contributed by atoms with van der Waals surface area (Å²) in [5.41, 5.74) is 2.36. The molecule has 0 aromatic heterocycles. The highest BCUT2D eigenvalue weighted by Gasteiger charge is 2.39. The minimum Gasteiger partial charge on any atom is -0.492 e. The molecule has 0 bridgehead atoms. The van der Waals surface area contributed by atoms with Crippen molar-refractivity contribution in [1.82, 2.24) is 0 Å². The fourth-order valence-electron chi connectivity index (χ4n) is 4.85. The fourth-order valence-corrected chi connectivity index (χ4v) is 5.08. The van der Waals surface area contributed by atoms with Gasteiger partial charge in [0.2, 0.25) is 0 Å². The van der Waals surface area contributed by atoms with Gasteiger partial charge in [-0.3, -0.25) is 0 Å². The standard InChI is InChI=1S/C32H30O4S/c1-2-34-31(33)28-25-17-9-10-18-26(25)29-27(30(28)35-21-11-12-22-37)19-20-32(36-29,23-13-5-3-6-14-23)24-15-7-4-8-16-24/h3-10,13-20,37H,2,11-12,21-22H2,1H3. The zero-order valence-electron chi connectivity index (χ0n) is 20.9. The van der Waals surface area contributed by atoms with Crippen LogP contribution in [0.5, 0.6) is 11.5 Å². The van der Waals surface area contributed by atoms with Gasteiger partial charge in [0, 0.05) is 21.9 Å². The van der Waals surface area contributed by atoms with Crippen LogP contribution < -0.4 is 9.47 Å². The van der Waals surface area contributed by atoms with Crippen LogP contribution in [0.2, 0.25) is 0 Å². The minimum absolute atomic E-state index is 0.279. The van der Waals surface area contributed by atoms with Crippen LogP contribution in [-0.4, -0.2) is 24.9 Å². The van der Waals surface area contributed by atoms with Crippen molar-refractivity contribution in [3.05, 3.63) is 113 Å². The van der Waals surface area contributed by atoms with Gasteiger partial charge < -0.3 is 14.2 Å². The van der Waals surface area contributed by atoms with E-state index in [-0.39, 0.29) is 6.61 Å². The third-order valence-electron chi connectivity index (χ3n) is 6.59. The molecule has 0 saturated heterocycles. The quantitative estimate of drug-likeness (QED) is 0.144. The van der Waals surface area contributed by atoms with Gasteiger partial charge in [0.25, 0.3) is 0 Å². The Morgan fingerprint density at radius 2 is 1.49 bits per heavy atom. The first-order chi connectivity index (χ1) is 18.2. The van der Waals surface area contributed by atoms with Gasteiger partial charge in [-0.1, -0.05) is 84.9 Å². The Hall–Kier alpha value is -3.70. The molecule has 1 aliphatic heterocycles. The summed E-state index contributed by atoms with van der Waals surface area (Å²) >= 11 is 4.32. The van der Waals surface area contributed by atoms with Crippen LogP contribution in [0.25, 0.3) is 16.8 Å². The van der Waals surface area contributed by atoms with E-state index in [1.807, 2.05) is 73.7 Å². The predicted octanol–water partition coefficient (Wildman–Crippen LogP) is 7.45. The van der Waals surface area contributed by atoms with E-state index in [1.165, 1.54) is 0 Å². The number of unbranched alkanes of at least 4 members (excludes halogenated alkanes) is 1. The van der Waals surface area contributed by atoms with Crippen molar-refractivity contribution in [2.45, 2.75) is 25.4 Å². The molecule has 4 aromatic rings. The van der Waals surface area contributed by atoms with Crippen LogP contribution in [-0.2, 0) is 10.3 Å². The average Bonchev–Trinajstić information content (AvgIpc) is 2.96. The van der Waals surface area contributed by atoms with Crippen molar-refractivity contribution in [2.75, 3.05) is 19.0 Å². The van der Waals surface area contributed by atoms with E-state index in [9.17, 15) is 4.79 Å². The second-order valence-electron chi connectivity index (χ2n) is 8.90. The van der Waals surface area contributed by atoms with Crippen LogP contribution in [0.15, 0.2) is 91.0 Å². The molecule has 0 spiro atoms. The Morgan fingerprint density at radius 1 is 0.865 bits per heavy atom. The molecule has 37 heavy (non-hydrogen) atoms. The zero-order valence-corrected chi connectivity index (χ0v) is 21.7. The van der Waals surface area contributed by atoms with E-state index in [0.29, 0.717) is 23.7 Å². The van der Waals surface area contributed by atoms with Gasteiger partial charge in [-0.2, -0.15) is 12.6 Å². The van der Waals surface area contributed by atoms with Crippen molar-refractivity contribution in [2.24, 2.45) is 0 Å². The SMILES string of the molecule is CCOC(=O)c1c(OCCCCS)c2c(c3ccccc13)OC(c1ccccc1)(c1ccccc1)C=C2. The largest absolute Gasteiger partial charge is 0.492 e. The monoisotopic (exact) mass is 510 g/mol. The molecular formula is C32H30O4S. The van der Waals surface area contributed by atoms with Crippen LogP contribution in [0.3, 0.4) is 0 Å². The van der Waals surface area contributed by atoms with Gasteiger partial charge in [-0.25, -0.2) is 4.79 Å². The van der Waals surface area contributed by atoms with Gasteiger partial charge in [0.05, 0.1) is 18.8 Å². The van der Waals surface area contributed by atoms with Crippen molar-refractivity contribution >= 4 is 35.4 Å². The van der Waals surface area contributed by atoms with Crippen LogP contribution in [0.1, 0.15) is 46.8 Å². The second kappa shape index (κ2) is 11.1. The summed E-state index contributed by atoms with van der Waals surface area (Å²) in [6.45, 7) is 2.55. The highest BCUT2D eigenvalue weighted by molar-refractivity contribution is 7.80. The van der Waals surface area contributed by atoms with Crippen molar-refractivity contribution in [3.8, 4) is 11.5 Å². The number of thiol groups is 1. The third kappa shape index (κ3) is 4.72. The maximum atomic E-state index is 13.2. The van der Waals surface area contributed by atoms with Crippen LogP contribution in [0, 0.1) is 0 Å². The first-order valence-electron chi connectivity index (χ1n) is 12.7. The minimum atomic E-state index is -0.840. The Morgan fingerprint density at radius 3 is 2.11 bits per heavy atom. The molecule has 1 heterocycles. The first kappa shape index (κ1) is 25.0. The summed E-state index contributed by atoms with van der Waals surface area (Å²) < 4.78 is 18.8. The van der Waals surface area contributed by atoms with E-state index in [4.69, 9.17) is 14.2 Å². The summed E-state index contributed by atoms with van der Waals surface area (Å²) in [6, 6.07) is 28.2. The summed E-state index contributed by atoms with van der Waals surface area (Å²) in [5, 5.41) is 1.58. The first-order valence-corrected chi connectivity index (χ1v) is 13.3. The number of hydrogen-bond donors (Lipinski definition) is 1. The number of ether oxygens (including phenoxy) is 3. The lowest BCUT2D eigenvalue weighted by Crippen LogP contribution is -2.34. The number of hydrogen-bond acceptors (Lipinski definition) is 5. The molecule has 0 amide bonds. The zero-order chi connectivity index (χ0) is 25.7. The molecule has 1 aliphatic rings. The van der Waals surface area contributed by atoms with E-state index < -0.39 is 11.6 Å². The molecule has 5 heteroatoms. The van der Waals surface area contributed by atoms with E-state index >= 15 is 0 Å². The Kier molecular flexibility index (Phi) is 7.52. The number of rotatable bonds is 9. The normalized spacial score (nSPS) is 13.6. The predicted molar refractivity (Wildman–Crippen MR) is 152 cm³/mol. The second-order valence-corrected chi connectivity index (χ2v) is 9.34. The Labute approximate surface area is 223 Å². The molecule has 4 aromatic carbocycles. The van der Waals surface area contributed by atoms with Gasteiger partial charge in [0.15, 0.2) is 5.60 Å². The van der Waals surface area contributed by atoms with Crippen LogP contribution >= 0.6 is 12.6 Å². The molecule has 188 valence electrons. The number of carbonyl (C=O) groups excluding carboxylic acids is 1. The molecule has 0 N–H and O–H groups in total. The molecule has 4 nitrogen and oxygen atoms in total. The van der Waals surface area contributed by atoms with Gasteiger partial charge in [0.1, 0.15) is 17.1 Å². The van der Waals surface area contributed by atoms with E-state index in [2.05, 4.69) is 43.0 Å². The van der Waals surface area contributed by atoms with Crippen molar-refractivity contribution < 1.29 is 19.0 Å². The lowest BCUT2D eigenvalue weighted by atomic mass is 9.83. The highest BCUT2D eigenvalue weighted by atomic mass is 32.1. The van der Waals surface area contributed by atoms with Gasteiger partial charge in [-0.15, -0.1) is 0 Å². The summed E-state index contributed by atoms with van der Waals surface area (Å²) in [7, 11) is 0. The summed E-state index contributed by atoms with van der Waals surface area (Å²) in [6.07, 6.45) is 5.84. The fraction of sp³-hybridized carbons (Fsp3) is 0.219.